The summed E-state index contributed by atoms with van der Waals surface area (Å²) in [5.74, 6) is -2.32. The summed E-state index contributed by atoms with van der Waals surface area (Å²) in [4.78, 5) is 33.0. The lowest BCUT2D eigenvalue weighted by Gasteiger charge is -2.29. The molecule has 0 aromatic heterocycles. The average molecular weight is 322 g/mol. The largest absolute Gasteiger partial charge is 0.547 e. The highest BCUT2D eigenvalue weighted by atomic mass is 16.5. The summed E-state index contributed by atoms with van der Waals surface area (Å²) in [6.45, 7) is -0.160. The molecule has 1 amide bonds. The lowest BCUT2D eigenvalue weighted by molar-refractivity contribution is -0.121. The molecular weight excluding hydrogens is 307 g/mol. The maximum absolute atomic E-state index is 11.6. The van der Waals surface area contributed by atoms with E-state index in [1.54, 1.807) is 6.07 Å². The molecule has 23 heavy (non-hydrogen) atoms. The normalized spacial score (nSPS) is 16.1. The predicted octanol–water partition coefficient (Wildman–Crippen LogP) is -0.0107. The molecule has 1 heterocycles. The second-order valence-corrected chi connectivity index (χ2v) is 4.93. The molecule has 0 saturated carbocycles. The highest BCUT2D eigenvalue weighted by molar-refractivity contribution is 6.47. The van der Waals surface area contributed by atoms with E-state index in [0.29, 0.717) is 5.56 Å². The molecule has 1 aromatic rings. The van der Waals surface area contributed by atoms with Crippen LogP contribution in [-0.2, 0) is 11.2 Å². The van der Waals surface area contributed by atoms with Gasteiger partial charge in [0, 0.05) is 6.42 Å². The number of carbonyl (C=O) groups excluding carboxylic acids is 1. The number of rotatable bonds is 6. The molecule has 0 aliphatic carbocycles. The van der Waals surface area contributed by atoms with Crippen molar-refractivity contribution in [1.82, 2.24) is 5.32 Å². The second-order valence-electron chi connectivity index (χ2n) is 4.93. The van der Waals surface area contributed by atoms with E-state index in [9.17, 15) is 24.6 Å². The highest BCUT2D eigenvalue weighted by Gasteiger charge is 2.38. The van der Waals surface area contributed by atoms with Gasteiger partial charge in [0.2, 0.25) is 5.91 Å². The quantitative estimate of drug-likeness (QED) is 0.495. The number of amides is 1. The maximum Gasteiger partial charge on any atom is 0.547 e. The molecule has 0 unspecified atom stereocenters. The van der Waals surface area contributed by atoms with Crippen molar-refractivity contribution in [3.8, 4) is 11.5 Å². The Morgan fingerprint density at radius 3 is 2.87 bits per heavy atom. The first-order valence-electron chi connectivity index (χ1n) is 6.84. The second kappa shape index (κ2) is 7.10. The van der Waals surface area contributed by atoms with Crippen LogP contribution in [0.2, 0.25) is 0 Å². The van der Waals surface area contributed by atoms with Crippen molar-refractivity contribution in [2.45, 2.75) is 18.8 Å². The van der Waals surface area contributed by atoms with E-state index in [1.807, 2.05) is 0 Å². The zero-order valence-corrected chi connectivity index (χ0v) is 12.3. The van der Waals surface area contributed by atoms with Gasteiger partial charge in [0.25, 0.3) is 0 Å². The van der Waals surface area contributed by atoms with Gasteiger partial charge in [-0.1, -0.05) is 11.2 Å². The number of ether oxygens (including phenoxy) is 1. The van der Waals surface area contributed by atoms with Gasteiger partial charge >= 0.3 is 13.1 Å². The maximum atomic E-state index is 11.6. The first-order valence-corrected chi connectivity index (χ1v) is 6.84. The van der Waals surface area contributed by atoms with Crippen molar-refractivity contribution in [3.63, 3.8) is 0 Å². The molecule has 0 radical (unpaired) electrons. The molecule has 0 spiro atoms. The van der Waals surface area contributed by atoms with Crippen molar-refractivity contribution < 1.29 is 29.1 Å². The molecule has 0 saturated heterocycles. The van der Waals surface area contributed by atoms with E-state index in [-0.39, 0.29) is 36.4 Å². The van der Waals surface area contributed by atoms with E-state index in [0.717, 1.165) is 0 Å². The fraction of sp³-hybridized carbons (Fsp3) is 0.385. The van der Waals surface area contributed by atoms with Gasteiger partial charge in [0.1, 0.15) is 17.1 Å². The molecule has 0 fully saturated rings. The number of nitrogens with one attached hydrogen (secondary N) is 1. The summed E-state index contributed by atoms with van der Waals surface area (Å²) in [6, 6.07) is 3.09. The number of carboxylic acid groups (broad SMARTS) is 1. The van der Waals surface area contributed by atoms with Gasteiger partial charge < -0.3 is 24.8 Å². The topological polar surface area (TPSA) is 135 Å². The minimum absolute atomic E-state index is 0.0180. The first kappa shape index (κ1) is 16.8. The van der Waals surface area contributed by atoms with Crippen LogP contribution in [0, 0.1) is 4.91 Å². The SMILES string of the molecule is COc1ccc2c(c1C(=O)O)OB(O)[C@@H](NC(=O)CCN=O)C2. The average Bonchev–Trinajstić information content (AvgIpc) is 2.52. The minimum atomic E-state index is -1.42. The number of hydrogen-bond acceptors (Lipinski definition) is 7. The van der Waals surface area contributed by atoms with Gasteiger partial charge in [0.15, 0.2) is 0 Å². The molecule has 0 bridgehead atoms. The molecule has 1 atom stereocenters. The Kier molecular flexibility index (Phi) is 5.17. The van der Waals surface area contributed by atoms with Crippen LogP contribution in [0.5, 0.6) is 11.5 Å². The zero-order chi connectivity index (χ0) is 17.0. The summed E-state index contributed by atoms with van der Waals surface area (Å²) >= 11 is 0. The van der Waals surface area contributed by atoms with Crippen molar-refractivity contribution in [1.29, 1.82) is 0 Å². The summed E-state index contributed by atoms with van der Waals surface area (Å²) in [7, 11) is -0.0850. The minimum Gasteiger partial charge on any atom is -0.534 e. The van der Waals surface area contributed by atoms with Crippen LogP contribution in [0.4, 0.5) is 0 Å². The Labute approximate surface area is 131 Å². The third-order valence-electron chi connectivity index (χ3n) is 3.43. The number of hydrogen-bond donors (Lipinski definition) is 3. The van der Waals surface area contributed by atoms with Crippen LogP contribution in [-0.4, -0.2) is 48.7 Å². The number of benzene rings is 1. The lowest BCUT2D eigenvalue weighted by atomic mass is 9.72. The number of carboxylic acids is 1. The Morgan fingerprint density at radius 2 is 2.26 bits per heavy atom. The fourth-order valence-corrected chi connectivity index (χ4v) is 2.36. The van der Waals surface area contributed by atoms with Crippen molar-refractivity contribution in [2.24, 2.45) is 5.18 Å². The Hall–Kier alpha value is -2.62. The van der Waals surface area contributed by atoms with Crippen LogP contribution >= 0.6 is 0 Å². The monoisotopic (exact) mass is 322 g/mol. The van der Waals surface area contributed by atoms with E-state index >= 15 is 0 Å². The number of carbonyl (C=O) groups is 2. The number of methoxy groups -OCH3 is 1. The zero-order valence-electron chi connectivity index (χ0n) is 12.3. The van der Waals surface area contributed by atoms with Gasteiger partial charge in [0.05, 0.1) is 19.6 Å². The molecular formula is C13H15BN2O7. The van der Waals surface area contributed by atoms with Crippen LogP contribution in [0.3, 0.4) is 0 Å². The highest BCUT2D eigenvalue weighted by Crippen LogP contribution is 2.36. The standard InChI is InChI=1S/C13H15BN2O7/c1-22-8-3-2-7-6-9(16-10(17)4-5-15-21)14(20)23-12(7)11(8)13(18)19/h2-3,9,20H,4-6H2,1H3,(H,16,17)(H,18,19)/t9-/m0/s1. The van der Waals surface area contributed by atoms with E-state index < -0.39 is 24.9 Å². The van der Waals surface area contributed by atoms with E-state index in [1.165, 1.54) is 13.2 Å². The molecule has 10 heteroatoms. The number of nitroso groups, excluding NO2 is 1. The first-order chi connectivity index (χ1) is 11.0. The number of aromatic carboxylic acids is 1. The summed E-state index contributed by atoms with van der Waals surface area (Å²) in [5.41, 5.74) is 0.339. The Balaban J connectivity index is 2.23. The molecule has 122 valence electrons. The van der Waals surface area contributed by atoms with Crippen molar-refractivity contribution in [2.75, 3.05) is 13.7 Å². The van der Waals surface area contributed by atoms with Gasteiger partial charge in [-0.15, -0.1) is 0 Å². The summed E-state index contributed by atoms with van der Waals surface area (Å²) in [5, 5.41) is 24.4. The predicted molar refractivity (Wildman–Crippen MR) is 79.5 cm³/mol. The number of fused-ring (bicyclic) bond motifs is 1. The number of nitrogens with zero attached hydrogens (tertiary/aromatic N) is 1. The summed E-state index contributed by atoms with van der Waals surface area (Å²) < 4.78 is 10.3. The van der Waals surface area contributed by atoms with Crippen LogP contribution in [0.1, 0.15) is 22.3 Å². The van der Waals surface area contributed by atoms with Crippen LogP contribution < -0.4 is 14.7 Å². The lowest BCUT2D eigenvalue weighted by Crippen LogP contribution is -2.53. The van der Waals surface area contributed by atoms with Gasteiger partial charge in [-0.25, -0.2) is 4.79 Å². The molecule has 1 aromatic carbocycles. The third-order valence-corrected chi connectivity index (χ3v) is 3.43. The van der Waals surface area contributed by atoms with Crippen LogP contribution in [0.25, 0.3) is 0 Å². The fourth-order valence-electron chi connectivity index (χ4n) is 2.36. The molecule has 2 rings (SSSR count). The Morgan fingerprint density at radius 1 is 1.52 bits per heavy atom. The van der Waals surface area contributed by atoms with Gasteiger partial charge in [-0.3, -0.25) is 4.79 Å². The third kappa shape index (κ3) is 3.59. The molecule has 9 nitrogen and oxygen atoms in total. The smallest absolute Gasteiger partial charge is 0.534 e. The molecule has 1 aliphatic rings. The van der Waals surface area contributed by atoms with Crippen molar-refractivity contribution in [3.05, 3.63) is 28.2 Å². The van der Waals surface area contributed by atoms with E-state index in [2.05, 4.69) is 10.5 Å². The molecule has 3 N–H and O–H groups in total. The summed E-state index contributed by atoms with van der Waals surface area (Å²) in [6.07, 6.45) is 0.0869. The van der Waals surface area contributed by atoms with Gasteiger partial charge in [-0.05, 0) is 18.1 Å². The van der Waals surface area contributed by atoms with Crippen LogP contribution in [0.15, 0.2) is 17.3 Å². The van der Waals surface area contributed by atoms with Crippen molar-refractivity contribution >= 4 is 19.0 Å². The molecule has 1 aliphatic heterocycles. The van der Waals surface area contributed by atoms with Gasteiger partial charge in [-0.2, -0.15) is 4.91 Å². The Bertz CT molecular complexity index is 637. The van der Waals surface area contributed by atoms with E-state index in [4.69, 9.17) is 9.39 Å².